The summed E-state index contributed by atoms with van der Waals surface area (Å²) in [6.07, 6.45) is 2.69. The Morgan fingerprint density at radius 3 is 2.63 bits per heavy atom. The van der Waals surface area contributed by atoms with Crippen LogP contribution in [0.2, 0.25) is 5.02 Å². The topological polar surface area (TPSA) is 91.0 Å². The number of nitrogens with zero attached hydrogens (tertiary/aromatic N) is 4. The van der Waals surface area contributed by atoms with Gasteiger partial charge in [0.2, 0.25) is 0 Å². The van der Waals surface area contributed by atoms with E-state index in [1.807, 2.05) is 32.0 Å². The zero-order valence-corrected chi connectivity index (χ0v) is 17.1. The van der Waals surface area contributed by atoms with Crippen LogP contribution >= 0.6 is 11.6 Å². The Bertz CT molecular complexity index is 1290. The van der Waals surface area contributed by atoms with Gasteiger partial charge in [-0.25, -0.2) is 14.3 Å². The van der Waals surface area contributed by atoms with E-state index in [1.54, 1.807) is 28.9 Å². The maximum Gasteiger partial charge on any atom is 0.283 e. The van der Waals surface area contributed by atoms with Crippen molar-refractivity contribution in [1.82, 2.24) is 19.4 Å². The number of hydrogen-bond acceptors (Lipinski definition) is 5. The second kappa shape index (κ2) is 8.00. The van der Waals surface area contributed by atoms with E-state index in [1.165, 1.54) is 12.5 Å². The zero-order chi connectivity index (χ0) is 21.3. The molecule has 0 aliphatic carbocycles. The maximum atomic E-state index is 12.7. The predicted molar refractivity (Wildman–Crippen MR) is 114 cm³/mol. The van der Waals surface area contributed by atoms with Crippen LogP contribution in [-0.2, 0) is 4.79 Å². The van der Waals surface area contributed by atoms with Crippen LogP contribution in [0.4, 0.5) is 0 Å². The molecule has 1 N–H and O–H groups in total. The number of aromatic nitrogens is 4. The summed E-state index contributed by atoms with van der Waals surface area (Å²) >= 11 is 5.82. The Morgan fingerprint density at radius 1 is 1.13 bits per heavy atom. The molecular weight excluding hydrogens is 406 g/mol. The van der Waals surface area contributed by atoms with Gasteiger partial charge in [0.1, 0.15) is 17.5 Å². The molecule has 0 saturated heterocycles. The maximum absolute atomic E-state index is 12.7. The molecule has 0 radical (unpaired) electrons. The summed E-state index contributed by atoms with van der Waals surface area (Å²) in [6.45, 7) is 3.76. The molecule has 4 rings (SSSR count). The Morgan fingerprint density at radius 2 is 1.90 bits per heavy atom. The fourth-order valence-corrected chi connectivity index (χ4v) is 3.01. The third-order valence-corrected chi connectivity index (χ3v) is 4.90. The highest BCUT2D eigenvalue weighted by Gasteiger charge is 2.13. The molecule has 30 heavy (non-hydrogen) atoms. The third-order valence-electron chi connectivity index (χ3n) is 4.65. The fraction of sp³-hybridized carbons (Fsp3) is 0.143. The first-order valence-electron chi connectivity index (χ1n) is 9.13. The second-order valence-corrected chi connectivity index (χ2v) is 7.20. The number of benzene rings is 2. The number of halogens is 1. The van der Waals surface area contributed by atoms with Crippen molar-refractivity contribution >= 4 is 28.5 Å². The molecule has 1 amide bonds. The SMILES string of the molecule is Cc1ccc(-n2ncc3c(=O)n(NC(=O)COc4ccc(Cl)cc4)cnc32)cc1C. The van der Waals surface area contributed by atoms with Crippen molar-refractivity contribution in [3.63, 3.8) is 0 Å². The van der Waals surface area contributed by atoms with Gasteiger partial charge < -0.3 is 4.74 Å². The molecule has 0 aliphatic heterocycles. The van der Waals surface area contributed by atoms with Gasteiger partial charge in [0.25, 0.3) is 11.5 Å². The molecule has 2 heterocycles. The molecule has 2 aromatic carbocycles. The summed E-state index contributed by atoms with van der Waals surface area (Å²) in [5.41, 5.74) is 5.51. The van der Waals surface area contributed by atoms with Gasteiger partial charge in [-0.3, -0.25) is 15.0 Å². The molecular formula is C21H18ClN5O3. The van der Waals surface area contributed by atoms with Crippen LogP contribution in [0.1, 0.15) is 11.1 Å². The van der Waals surface area contributed by atoms with E-state index >= 15 is 0 Å². The van der Waals surface area contributed by atoms with Crippen molar-refractivity contribution in [2.24, 2.45) is 0 Å². The van der Waals surface area contributed by atoms with Gasteiger partial charge >= 0.3 is 0 Å². The Labute approximate surface area is 176 Å². The average molecular weight is 424 g/mol. The number of amides is 1. The Balaban J connectivity index is 1.53. The van der Waals surface area contributed by atoms with Gasteiger partial charge in [-0.15, -0.1) is 0 Å². The van der Waals surface area contributed by atoms with Crippen molar-refractivity contribution in [2.75, 3.05) is 12.0 Å². The lowest BCUT2D eigenvalue weighted by molar-refractivity contribution is -0.119. The number of carbonyl (C=O) groups is 1. The highest BCUT2D eigenvalue weighted by molar-refractivity contribution is 6.30. The molecule has 0 saturated carbocycles. The van der Waals surface area contributed by atoms with Gasteiger partial charge in [0, 0.05) is 5.02 Å². The largest absolute Gasteiger partial charge is 0.484 e. The van der Waals surface area contributed by atoms with Gasteiger partial charge in [-0.05, 0) is 61.4 Å². The number of nitrogens with one attached hydrogen (secondary N) is 1. The first kappa shape index (κ1) is 19.7. The quantitative estimate of drug-likeness (QED) is 0.532. The molecule has 8 nitrogen and oxygen atoms in total. The molecule has 0 bridgehead atoms. The number of aryl methyl sites for hydroxylation is 2. The molecule has 4 aromatic rings. The van der Waals surface area contributed by atoms with Crippen molar-refractivity contribution in [1.29, 1.82) is 0 Å². The minimum Gasteiger partial charge on any atom is -0.484 e. The van der Waals surface area contributed by atoms with E-state index in [9.17, 15) is 9.59 Å². The van der Waals surface area contributed by atoms with Crippen LogP contribution in [0.3, 0.4) is 0 Å². The van der Waals surface area contributed by atoms with Crippen LogP contribution in [0.25, 0.3) is 16.7 Å². The summed E-state index contributed by atoms with van der Waals surface area (Å²) in [4.78, 5) is 29.2. The smallest absolute Gasteiger partial charge is 0.283 e. The number of hydrogen-bond donors (Lipinski definition) is 1. The number of rotatable bonds is 5. The van der Waals surface area contributed by atoms with Crippen molar-refractivity contribution in [3.8, 4) is 11.4 Å². The Kier molecular flexibility index (Phi) is 5.24. The molecule has 0 spiro atoms. The molecule has 0 unspecified atom stereocenters. The van der Waals surface area contributed by atoms with Gasteiger partial charge in [0.05, 0.1) is 11.9 Å². The summed E-state index contributed by atoms with van der Waals surface area (Å²) in [7, 11) is 0. The van der Waals surface area contributed by atoms with Crippen molar-refractivity contribution in [2.45, 2.75) is 13.8 Å². The first-order chi connectivity index (χ1) is 14.4. The van der Waals surface area contributed by atoms with Crippen LogP contribution in [0.5, 0.6) is 5.75 Å². The van der Waals surface area contributed by atoms with Gasteiger partial charge in [-0.1, -0.05) is 17.7 Å². The third kappa shape index (κ3) is 3.90. The molecule has 2 aromatic heterocycles. The van der Waals surface area contributed by atoms with Crippen molar-refractivity contribution < 1.29 is 9.53 Å². The first-order valence-corrected chi connectivity index (χ1v) is 9.51. The lowest BCUT2D eigenvalue weighted by Crippen LogP contribution is -2.35. The van der Waals surface area contributed by atoms with E-state index in [2.05, 4.69) is 15.5 Å². The Hall–Kier alpha value is -3.65. The van der Waals surface area contributed by atoms with Gasteiger partial charge in [-0.2, -0.15) is 5.10 Å². The highest BCUT2D eigenvalue weighted by Crippen LogP contribution is 2.17. The van der Waals surface area contributed by atoms with E-state index in [0.29, 0.717) is 16.4 Å². The van der Waals surface area contributed by atoms with E-state index in [0.717, 1.165) is 21.5 Å². The number of fused-ring (bicyclic) bond motifs is 1. The zero-order valence-electron chi connectivity index (χ0n) is 16.3. The highest BCUT2D eigenvalue weighted by atomic mass is 35.5. The van der Waals surface area contributed by atoms with E-state index in [-0.39, 0.29) is 12.0 Å². The van der Waals surface area contributed by atoms with Crippen LogP contribution < -0.4 is 15.7 Å². The standard InChI is InChI=1S/C21H18ClN5O3/c1-13-3-6-16(9-14(13)2)27-20-18(10-24-27)21(29)26(12-23-20)25-19(28)11-30-17-7-4-15(22)5-8-17/h3-10,12H,11H2,1-2H3,(H,25,28). The molecule has 9 heteroatoms. The lowest BCUT2D eigenvalue weighted by Gasteiger charge is -2.10. The average Bonchev–Trinajstić information content (AvgIpc) is 3.16. The van der Waals surface area contributed by atoms with E-state index < -0.39 is 11.5 Å². The molecule has 0 atom stereocenters. The van der Waals surface area contributed by atoms with Crippen LogP contribution in [-0.4, -0.2) is 32.0 Å². The van der Waals surface area contributed by atoms with Crippen LogP contribution in [0.15, 0.2) is 59.8 Å². The monoisotopic (exact) mass is 423 g/mol. The summed E-state index contributed by atoms with van der Waals surface area (Å²) in [6, 6.07) is 12.5. The number of carbonyl (C=O) groups excluding carboxylic acids is 1. The predicted octanol–water partition coefficient (Wildman–Crippen LogP) is 3.00. The van der Waals surface area contributed by atoms with Crippen LogP contribution in [0, 0.1) is 13.8 Å². The van der Waals surface area contributed by atoms with Crippen molar-refractivity contribution in [3.05, 3.63) is 81.5 Å². The summed E-state index contributed by atoms with van der Waals surface area (Å²) in [5.74, 6) is -0.0140. The molecule has 152 valence electrons. The molecule has 0 aliphatic rings. The minimum atomic E-state index is -0.505. The summed E-state index contributed by atoms with van der Waals surface area (Å²) < 4.78 is 7.99. The second-order valence-electron chi connectivity index (χ2n) is 6.76. The van der Waals surface area contributed by atoms with Gasteiger partial charge in [0.15, 0.2) is 12.3 Å². The van der Waals surface area contributed by atoms with E-state index in [4.69, 9.17) is 16.3 Å². The minimum absolute atomic E-state index is 0.270. The number of ether oxygens (including phenoxy) is 1. The molecule has 0 fully saturated rings. The normalized spacial score (nSPS) is 10.9. The summed E-state index contributed by atoms with van der Waals surface area (Å²) in [5, 5.41) is 5.15. The lowest BCUT2D eigenvalue weighted by atomic mass is 10.1. The fourth-order valence-electron chi connectivity index (χ4n) is 2.88.